The smallest absolute Gasteiger partial charge is 0.191 e. The second-order valence-corrected chi connectivity index (χ2v) is 7.21. The van der Waals surface area contributed by atoms with Gasteiger partial charge in [-0.1, -0.05) is 41.6 Å². The zero-order chi connectivity index (χ0) is 18.8. The van der Waals surface area contributed by atoms with Gasteiger partial charge in [-0.2, -0.15) is 5.10 Å². The third-order valence-corrected chi connectivity index (χ3v) is 5.40. The Hall–Kier alpha value is -2.64. The van der Waals surface area contributed by atoms with Gasteiger partial charge in [0.2, 0.25) is 0 Å². The lowest BCUT2D eigenvalue weighted by molar-refractivity contribution is 0.625. The predicted octanol–water partition coefficient (Wildman–Crippen LogP) is 4.75. The summed E-state index contributed by atoms with van der Waals surface area (Å²) in [6.45, 7) is 0. The zero-order valence-electron chi connectivity index (χ0n) is 14.4. The third kappa shape index (κ3) is 3.74. The van der Waals surface area contributed by atoms with Crippen molar-refractivity contribution >= 4 is 23.4 Å². The zero-order valence-corrected chi connectivity index (χ0v) is 16.0. The first-order valence-electron chi connectivity index (χ1n) is 8.19. The largest absolute Gasteiger partial charge is 0.305 e. The van der Waals surface area contributed by atoms with E-state index in [1.807, 2.05) is 54.2 Å². The molecule has 4 rings (SSSR count). The van der Waals surface area contributed by atoms with Gasteiger partial charge in [0.15, 0.2) is 11.0 Å². The number of hydrogen-bond donors (Lipinski definition) is 0. The summed E-state index contributed by atoms with van der Waals surface area (Å²) in [7, 11) is 1.91. The predicted molar refractivity (Wildman–Crippen MR) is 105 cm³/mol. The molecule has 5 nitrogen and oxygen atoms in total. The van der Waals surface area contributed by atoms with E-state index >= 15 is 0 Å². The van der Waals surface area contributed by atoms with Crippen LogP contribution in [-0.2, 0) is 12.8 Å². The lowest BCUT2D eigenvalue weighted by atomic mass is 10.2. The van der Waals surface area contributed by atoms with Gasteiger partial charge < -0.3 is 4.57 Å². The maximum absolute atomic E-state index is 13.4. The number of rotatable bonds is 5. The number of nitrogens with zero attached hydrogens (tertiary/aromatic N) is 5. The fourth-order valence-corrected chi connectivity index (χ4v) is 3.69. The molecule has 0 aliphatic rings. The molecule has 0 aliphatic carbocycles. The first-order chi connectivity index (χ1) is 13.1. The van der Waals surface area contributed by atoms with Crippen LogP contribution in [0.3, 0.4) is 0 Å². The van der Waals surface area contributed by atoms with Crippen LogP contribution in [0.2, 0.25) is 5.02 Å². The SMILES string of the molecule is Cn1c(SCc2ccn(-c3cccc(F)c3)n2)nnc1-c1ccccc1Cl. The van der Waals surface area contributed by atoms with Gasteiger partial charge in [-0.3, -0.25) is 0 Å². The third-order valence-electron chi connectivity index (χ3n) is 4.02. The van der Waals surface area contributed by atoms with E-state index in [4.69, 9.17) is 11.6 Å². The van der Waals surface area contributed by atoms with Gasteiger partial charge in [0.1, 0.15) is 5.82 Å². The van der Waals surface area contributed by atoms with Crippen LogP contribution in [0.1, 0.15) is 5.69 Å². The number of hydrogen-bond acceptors (Lipinski definition) is 4. The van der Waals surface area contributed by atoms with E-state index in [9.17, 15) is 4.39 Å². The van der Waals surface area contributed by atoms with Gasteiger partial charge >= 0.3 is 0 Å². The Morgan fingerprint density at radius 1 is 1.07 bits per heavy atom. The molecule has 0 radical (unpaired) electrons. The monoisotopic (exact) mass is 399 g/mol. The van der Waals surface area contributed by atoms with Gasteiger partial charge in [0, 0.05) is 24.6 Å². The molecule has 2 aromatic carbocycles. The maximum atomic E-state index is 13.4. The summed E-state index contributed by atoms with van der Waals surface area (Å²) < 4.78 is 16.9. The average molecular weight is 400 g/mol. The van der Waals surface area contributed by atoms with Gasteiger partial charge in [-0.15, -0.1) is 10.2 Å². The summed E-state index contributed by atoms with van der Waals surface area (Å²) in [4.78, 5) is 0. The molecule has 2 heterocycles. The van der Waals surface area contributed by atoms with Gasteiger partial charge in [-0.05, 0) is 36.4 Å². The molecular weight excluding hydrogens is 385 g/mol. The number of halogens is 2. The fourth-order valence-electron chi connectivity index (χ4n) is 2.66. The lowest BCUT2D eigenvalue weighted by Crippen LogP contribution is -1.97. The number of benzene rings is 2. The molecule has 8 heteroatoms. The van der Waals surface area contributed by atoms with Crippen LogP contribution in [0.4, 0.5) is 4.39 Å². The van der Waals surface area contributed by atoms with Gasteiger partial charge in [0.25, 0.3) is 0 Å². The Labute approximate surface area is 164 Å². The molecule has 0 unspecified atom stereocenters. The summed E-state index contributed by atoms with van der Waals surface area (Å²) in [5.41, 5.74) is 2.40. The Bertz CT molecular complexity index is 1090. The molecule has 0 amide bonds. The number of aromatic nitrogens is 5. The van der Waals surface area contributed by atoms with Crippen LogP contribution in [0, 0.1) is 5.82 Å². The van der Waals surface area contributed by atoms with Crippen LogP contribution in [0.25, 0.3) is 17.1 Å². The van der Waals surface area contributed by atoms with E-state index in [2.05, 4.69) is 15.3 Å². The van der Waals surface area contributed by atoms with Crippen LogP contribution < -0.4 is 0 Å². The van der Waals surface area contributed by atoms with Gasteiger partial charge in [-0.25, -0.2) is 9.07 Å². The van der Waals surface area contributed by atoms with Crippen LogP contribution in [0.5, 0.6) is 0 Å². The van der Waals surface area contributed by atoms with Crippen molar-refractivity contribution in [2.45, 2.75) is 10.9 Å². The molecular formula is C19H15ClFN5S. The molecule has 0 bridgehead atoms. The summed E-state index contributed by atoms with van der Waals surface area (Å²) in [5.74, 6) is 1.05. The highest BCUT2D eigenvalue weighted by Gasteiger charge is 2.14. The van der Waals surface area contributed by atoms with Crippen molar-refractivity contribution in [2.75, 3.05) is 0 Å². The standard InChI is InChI=1S/C19H15ClFN5S/c1-25-18(16-7-2-3-8-17(16)20)22-23-19(25)27-12-14-9-10-26(24-14)15-6-4-5-13(21)11-15/h2-11H,12H2,1H3. The topological polar surface area (TPSA) is 48.5 Å². The van der Waals surface area contributed by atoms with E-state index < -0.39 is 0 Å². The van der Waals surface area contributed by atoms with Crippen molar-refractivity contribution in [3.8, 4) is 17.1 Å². The first-order valence-corrected chi connectivity index (χ1v) is 9.56. The highest BCUT2D eigenvalue weighted by Crippen LogP contribution is 2.29. The molecule has 0 spiro atoms. The highest BCUT2D eigenvalue weighted by atomic mass is 35.5. The molecule has 0 N–H and O–H groups in total. The van der Waals surface area contributed by atoms with Crippen molar-refractivity contribution < 1.29 is 4.39 Å². The van der Waals surface area contributed by atoms with Crippen molar-refractivity contribution in [3.05, 3.63) is 77.3 Å². The molecule has 0 atom stereocenters. The second kappa shape index (κ2) is 7.54. The normalized spacial score (nSPS) is 11.1. The maximum Gasteiger partial charge on any atom is 0.191 e. The molecule has 27 heavy (non-hydrogen) atoms. The van der Waals surface area contributed by atoms with E-state index in [0.717, 1.165) is 16.4 Å². The minimum atomic E-state index is -0.287. The Balaban J connectivity index is 1.50. The Morgan fingerprint density at radius 2 is 1.93 bits per heavy atom. The van der Waals surface area contributed by atoms with Crippen molar-refractivity contribution in [2.24, 2.45) is 7.05 Å². The Morgan fingerprint density at radius 3 is 2.74 bits per heavy atom. The fraction of sp³-hybridized carbons (Fsp3) is 0.105. The summed E-state index contributed by atoms with van der Waals surface area (Å²) in [5, 5.41) is 14.4. The first kappa shape index (κ1) is 17.8. The summed E-state index contributed by atoms with van der Waals surface area (Å²) in [6, 6.07) is 15.8. The second-order valence-electron chi connectivity index (χ2n) is 5.87. The molecule has 0 saturated heterocycles. The van der Waals surface area contributed by atoms with Gasteiger partial charge in [0.05, 0.1) is 16.4 Å². The quantitative estimate of drug-likeness (QED) is 0.454. The van der Waals surface area contributed by atoms with Crippen molar-refractivity contribution in [3.63, 3.8) is 0 Å². The van der Waals surface area contributed by atoms with Crippen LogP contribution in [-0.4, -0.2) is 24.5 Å². The number of thioether (sulfide) groups is 1. The molecule has 136 valence electrons. The average Bonchev–Trinajstić information content (AvgIpc) is 3.28. The molecule has 0 saturated carbocycles. The van der Waals surface area contributed by atoms with Crippen LogP contribution in [0.15, 0.2) is 66.0 Å². The van der Waals surface area contributed by atoms with E-state index in [1.165, 1.54) is 23.9 Å². The minimum Gasteiger partial charge on any atom is -0.305 e. The van der Waals surface area contributed by atoms with E-state index in [1.54, 1.807) is 10.7 Å². The molecule has 2 aromatic heterocycles. The van der Waals surface area contributed by atoms with E-state index in [-0.39, 0.29) is 5.82 Å². The van der Waals surface area contributed by atoms with Crippen molar-refractivity contribution in [1.29, 1.82) is 0 Å². The summed E-state index contributed by atoms with van der Waals surface area (Å²) in [6.07, 6.45) is 1.82. The Kier molecular flexibility index (Phi) is 4.96. The molecule has 4 aromatic rings. The van der Waals surface area contributed by atoms with Crippen molar-refractivity contribution in [1.82, 2.24) is 24.5 Å². The highest BCUT2D eigenvalue weighted by molar-refractivity contribution is 7.98. The molecule has 0 aliphatic heterocycles. The van der Waals surface area contributed by atoms with E-state index in [0.29, 0.717) is 22.3 Å². The minimum absolute atomic E-state index is 0.287. The summed E-state index contributed by atoms with van der Waals surface area (Å²) >= 11 is 7.79. The molecule has 0 fully saturated rings. The lowest BCUT2D eigenvalue weighted by Gasteiger charge is -2.05. The van der Waals surface area contributed by atoms with Crippen LogP contribution >= 0.6 is 23.4 Å².